The fourth-order valence-corrected chi connectivity index (χ4v) is 3.63. The monoisotopic (exact) mass is 265 g/mol. The first-order valence-corrected chi connectivity index (χ1v) is 7.19. The normalized spacial score (nSPS) is 25.8. The molecule has 0 radical (unpaired) electrons. The van der Waals surface area contributed by atoms with E-state index in [9.17, 15) is 9.90 Å². The highest BCUT2D eigenvalue weighted by atomic mass is 32.2. The first-order chi connectivity index (χ1) is 8.58. The van der Waals surface area contributed by atoms with Crippen LogP contribution in [0.3, 0.4) is 0 Å². The van der Waals surface area contributed by atoms with Crippen molar-refractivity contribution >= 4 is 17.7 Å². The Kier molecular flexibility index (Phi) is 4.30. The molecule has 1 aliphatic rings. The lowest BCUT2D eigenvalue weighted by Gasteiger charge is -2.35. The summed E-state index contributed by atoms with van der Waals surface area (Å²) in [6, 6.07) is 9.12. The number of aliphatic hydroxyl groups is 1. The summed E-state index contributed by atoms with van der Waals surface area (Å²) in [4.78, 5) is 14.0. The van der Waals surface area contributed by atoms with Gasteiger partial charge in [0.05, 0.1) is 0 Å². The first kappa shape index (κ1) is 13.4. The zero-order chi connectivity index (χ0) is 13.1. The standard InChI is InChI=1S/C14H19NO2S/c1-10-8-15(9-11(2)18-10)14(17)13(16)12-6-4-3-5-7-12/h3-7,10-11,13,16H,8-9H2,1-2H3. The van der Waals surface area contributed by atoms with Crippen LogP contribution in [0.1, 0.15) is 25.5 Å². The van der Waals surface area contributed by atoms with Gasteiger partial charge in [-0.2, -0.15) is 11.8 Å². The topological polar surface area (TPSA) is 40.5 Å². The fourth-order valence-electron chi connectivity index (χ4n) is 2.31. The van der Waals surface area contributed by atoms with Crippen LogP contribution >= 0.6 is 11.8 Å². The van der Waals surface area contributed by atoms with E-state index in [1.165, 1.54) is 0 Å². The molecular weight excluding hydrogens is 246 g/mol. The summed E-state index contributed by atoms with van der Waals surface area (Å²) in [5, 5.41) is 11.0. The van der Waals surface area contributed by atoms with E-state index >= 15 is 0 Å². The number of aliphatic hydroxyl groups excluding tert-OH is 1. The zero-order valence-corrected chi connectivity index (χ0v) is 11.6. The molecule has 2 rings (SSSR count). The molecule has 3 unspecified atom stereocenters. The molecule has 1 aromatic rings. The van der Waals surface area contributed by atoms with Gasteiger partial charge < -0.3 is 10.0 Å². The maximum Gasteiger partial charge on any atom is 0.256 e. The van der Waals surface area contributed by atoms with Gasteiger partial charge in [0.1, 0.15) is 0 Å². The van der Waals surface area contributed by atoms with Crippen molar-refractivity contribution < 1.29 is 9.90 Å². The van der Waals surface area contributed by atoms with Crippen molar-refractivity contribution in [1.29, 1.82) is 0 Å². The van der Waals surface area contributed by atoms with E-state index < -0.39 is 6.10 Å². The van der Waals surface area contributed by atoms with Gasteiger partial charge in [-0.05, 0) is 5.56 Å². The molecule has 1 saturated heterocycles. The lowest BCUT2D eigenvalue weighted by atomic mass is 10.1. The van der Waals surface area contributed by atoms with Crippen LogP contribution in [0.25, 0.3) is 0 Å². The number of hydrogen-bond acceptors (Lipinski definition) is 3. The molecule has 1 heterocycles. The van der Waals surface area contributed by atoms with Crippen LogP contribution in [-0.2, 0) is 4.79 Å². The molecule has 0 spiro atoms. The minimum atomic E-state index is -1.03. The van der Waals surface area contributed by atoms with Crippen LogP contribution in [0, 0.1) is 0 Å². The number of carbonyl (C=O) groups is 1. The zero-order valence-electron chi connectivity index (χ0n) is 10.7. The Labute approximate surface area is 112 Å². The number of hydrogen-bond donors (Lipinski definition) is 1. The summed E-state index contributed by atoms with van der Waals surface area (Å²) >= 11 is 1.89. The molecule has 1 fully saturated rings. The van der Waals surface area contributed by atoms with E-state index in [1.54, 1.807) is 17.0 Å². The van der Waals surface area contributed by atoms with Crippen molar-refractivity contribution in [2.45, 2.75) is 30.5 Å². The van der Waals surface area contributed by atoms with E-state index in [1.807, 2.05) is 30.0 Å². The van der Waals surface area contributed by atoms with Gasteiger partial charge in [0, 0.05) is 23.6 Å². The number of amides is 1. The van der Waals surface area contributed by atoms with Crippen molar-refractivity contribution in [2.75, 3.05) is 13.1 Å². The number of nitrogens with zero attached hydrogens (tertiary/aromatic N) is 1. The number of rotatable bonds is 2. The fraction of sp³-hybridized carbons (Fsp3) is 0.500. The molecule has 0 saturated carbocycles. The summed E-state index contributed by atoms with van der Waals surface area (Å²) in [5.41, 5.74) is 0.668. The molecule has 1 amide bonds. The summed E-state index contributed by atoms with van der Waals surface area (Å²) < 4.78 is 0. The first-order valence-electron chi connectivity index (χ1n) is 6.25. The van der Waals surface area contributed by atoms with Crippen LogP contribution in [0.2, 0.25) is 0 Å². The Bertz CT molecular complexity index is 400. The molecule has 0 bridgehead atoms. The highest BCUT2D eigenvalue weighted by molar-refractivity contribution is 8.00. The number of thioether (sulfide) groups is 1. The summed E-state index contributed by atoms with van der Waals surface area (Å²) in [6.45, 7) is 5.68. The molecule has 1 aromatic carbocycles. The Morgan fingerprint density at radius 1 is 1.28 bits per heavy atom. The maximum atomic E-state index is 12.3. The van der Waals surface area contributed by atoms with E-state index in [0.717, 1.165) is 13.1 Å². The SMILES string of the molecule is CC1CN(C(=O)C(O)c2ccccc2)CC(C)S1. The molecule has 0 aliphatic carbocycles. The van der Waals surface area contributed by atoms with Gasteiger partial charge in [-0.15, -0.1) is 0 Å². The molecular formula is C14H19NO2S. The predicted octanol–water partition coefficient (Wildman–Crippen LogP) is 2.07. The van der Waals surface area contributed by atoms with Gasteiger partial charge in [0.2, 0.25) is 0 Å². The average Bonchev–Trinajstić information content (AvgIpc) is 2.37. The van der Waals surface area contributed by atoms with Gasteiger partial charge >= 0.3 is 0 Å². The van der Waals surface area contributed by atoms with Gasteiger partial charge in [0.25, 0.3) is 5.91 Å². The van der Waals surface area contributed by atoms with Crippen LogP contribution in [0.15, 0.2) is 30.3 Å². The van der Waals surface area contributed by atoms with E-state index in [-0.39, 0.29) is 5.91 Å². The average molecular weight is 265 g/mol. The minimum Gasteiger partial charge on any atom is -0.378 e. The second-order valence-electron chi connectivity index (χ2n) is 4.81. The second kappa shape index (κ2) is 5.76. The Hall–Kier alpha value is -1.00. The Balaban J connectivity index is 2.07. The quantitative estimate of drug-likeness (QED) is 0.890. The highest BCUT2D eigenvalue weighted by Gasteiger charge is 2.30. The van der Waals surface area contributed by atoms with Crippen molar-refractivity contribution in [3.63, 3.8) is 0 Å². The second-order valence-corrected chi connectivity index (χ2v) is 6.70. The van der Waals surface area contributed by atoms with Gasteiger partial charge in [-0.25, -0.2) is 0 Å². The molecule has 3 nitrogen and oxygen atoms in total. The van der Waals surface area contributed by atoms with Gasteiger partial charge in [0.15, 0.2) is 6.10 Å². The third kappa shape index (κ3) is 3.06. The lowest BCUT2D eigenvalue weighted by molar-refractivity contribution is -0.140. The third-order valence-corrected chi connectivity index (χ3v) is 4.31. The van der Waals surface area contributed by atoms with Crippen molar-refractivity contribution in [3.8, 4) is 0 Å². The van der Waals surface area contributed by atoms with E-state index in [4.69, 9.17) is 0 Å². The molecule has 98 valence electrons. The summed E-state index contributed by atoms with van der Waals surface area (Å²) in [7, 11) is 0. The molecule has 1 aliphatic heterocycles. The minimum absolute atomic E-state index is 0.180. The largest absolute Gasteiger partial charge is 0.378 e. The van der Waals surface area contributed by atoms with Crippen molar-refractivity contribution in [1.82, 2.24) is 4.90 Å². The van der Waals surface area contributed by atoms with Gasteiger partial charge in [-0.1, -0.05) is 44.2 Å². The summed E-state index contributed by atoms with van der Waals surface area (Å²) in [6.07, 6.45) is -1.03. The molecule has 18 heavy (non-hydrogen) atoms. The van der Waals surface area contributed by atoms with Crippen LogP contribution in [-0.4, -0.2) is 39.5 Å². The van der Waals surface area contributed by atoms with Crippen molar-refractivity contribution in [3.05, 3.63) is 35.9 Å². The molecule has 3 atom stereocenters. The maximum absolute atomic E-state index is 12.3. The Morgan fingerprint density at radius 2 is 1.83 bits per heavy atom. The predicted molar refractivity (Wildman–Crippen MR) is 74.5 cm³/mol. The van der Waals surface area contributed by atoms with Crippen molar-refractivity contribution in [2.24, 2.45) is 0 Å². The number of carbonyl (C=O) groups excluding carboxylic acids is 1. The van der Waals surface area contributed by atoms with E-state index in [2.05, 4.69) is 13.8 Å². The number of benzene rings is 1. The highest BCUT2D eigenvalue weighted by Crippen LogP contribution is 2.26. The molecule has 4 heteroatoms. The van der Waals surface area contributed by atoms with Crippen LogP contribution < -0.4 is 0 Å². The van der Waals surface area contributed by atoms with E-state index in [0.29, 0.717) is 16.1 Å². The smallest absolute Gasteiger partial charge is 0.256 e. The molecule has 0 aromatic heterocycles. The Morgan fingerprint density at radius 3 is 2.39 bits per heavy atom. The van der Waals surface area contributed by atoms with Gasteiger partial charge in [-0.3, -0.25) is 4.79 Å². The molecule has 1 N–H and O–H groups in total. The summed E-state index contributed by atoms with van der Waals surface area (Å²) in [5.74, 6) is -0.180. The van der Waals surface area contributed by atoms with Crippen LogP contribution in [0.4, 0.5) is 0 Å². The lowest BCUT2D eigenvalue weighted by Crippen LogP contribution is -2.46. The van der Waals surface area contributed by atoms with Crippen LogP contribution in [0.5, 0.6) is 0 Å². The third-order valence-electron chi connectivity index (χ3n) is 3.08.